The maximum absolute atomic E-state index is 11.3. The summed E-state index contributed by atoms with van der Waals surface area (Å²) >= 11 is 0. The Hall–Kier alpha value is -4.32. The lowest BCUT2D eigenvalue weighted by atomic mass is 10.2. The van der Waals surface area contributed by atoms with Gasteiger partial charge in [-0.2, -0.15) is 0 Å². The van der Waals surface area contributed by atoms with Crippen LogP contribution in [0.5, 0.6) is 0 Å². The van der Waals surface area contributed by atoms with Crippen LogP contribution < -0.4 is 10.2 Å². The maximum Gasteiger partial charge on any atom is 0.407 e. The molecule has 3 aromatic heterocycles. The number of nitrogens with one attached hydrogen (secondary N) is 1. The fourth-order valence-electron chi connectivity index (χ4n) is 3.88. The summed E-state index contributed by atoms with van der Waals surface area (Å²) in [4.78, 5) is 32.4. The van der Waals surface area contributed by atoms with Crippen LogP contribution in [0.3, 0.4) is 0 Å². The fourth-order valence-corrected chi connectivity index (χ4v) is 3.88. The van der Waals surface area contributed by atoms with Crippen molar-refractivity contribution in [2.45, 2.75) is 6.61 Å². The van der Waals surface area contributed by atoms with E-state index >= 15 is 0 Å². The van der Waals surface area contributed by atoms with Crippen molar-refractivity contribution in [1.29, 1.82) is 0 Å². The highest BCUT2D eigenvalue weighted by Crippen LogP contribution is 2.28. The third-order valence-electron chi connectivity index (χ3n) is 5.51. The minimum absolute atomic E-state index is 0.236. The second-order valence-corrected chi connectivity index (χ2v) is 7.68. The summed E-state index contributed by atoms with van der Waals surface area (Å²) in [5, 5.41) is 18.2. The van der Waals surface area contributed by atoms with Gasteiger partial charge >= 0.3 is 6.09 Å². The standard InChI is InChI=1S/C22H23N9O3/c1-34-14-18-25-19(29-8-10-30(11-9-29)22(32)33)12-20(26-18)31-16-5-3-2-4-15(16)21(28-31)27-17-13-23-6-7-24-17/h2-7,12-13H,8-11,14H2,1H3,(H,32,33)(H,24,27,28). The van der Waals surface area contributed by atoms with E-state index in [0.717, 1.165) is 10.9 Å². The third-order valence-corrected chi connectivity index (χ3v) is 5.51. The maximum atomic E-state index is 11.3. The van der Waals surface area contributed by atoms with Gasteiger partial charge in [0, 0.05) is 57.1 Å². The van der Waals surface area contributed by atoms with Crippen LogP contribution in [-0.2, 0) is 11.3 Å². The van der Waals surface area contributed by atoms with Gasteiger partial charge in [0.1, 0.15) is 18.2 Å². The van der Waals surface area contributed by atoms with Crippen LogP contribution in [0.1, 0.15) is 5.82 Å². The first kappa shape index (κ1) is 21.5. The van der Waals surface area contributed by atoms with E-state index in [9.17, 15) is 9.90 Å². The number of carbonyl (C=O) groups is 1. The molecule has 34 heavy (non-hydrogen) atoms. The Morgan fingerprint density at radius 1 is 1.12 bits per heavy atom. The predicted molar refractivity (Wildman–Crippen MR) is 124 cm³/mol. The summed E-state index contributed by atoms with van der Waals surface area (Å²) in [6, 6.07) is 9.69. The van der Waals surface area contributed by atoms with Crippen LogP contribution in [0.2, 0.25) is 0 Å². The first-order valence-electron chi connectivity index (χ1n) is 10.7. The Balaban J connectivity index is 1.54. The second-order valence-electron chi connectivity index (χ2n) is 7.68. The Morgan fingerprint density at radius 2 is 1.91 bits per heavy atom. The number of aromatic nitrogens is 6. The number of hydrogen-bond donors (Lipinski definition) is 2. The molecule has 1 fully saturated rings. The van der Waals surface area contributed by atoms with Gasteiger partial charge in [0.25, 0.3) is 0 Å². The Labute approximate surface area is 194 Å². The number of ether oxygens (including phenoxy) is 1. The molecule has 12 heteroatoms. The van der Waals surface area contributed by atoms with E-state index in [1.165, 1.54) is 4.90 Å². The number of rotatable bonds is 6. The van der Waals surface area contributed by atoms with Gasteiger partial charge in [-0.3, -0.25) is 4.98 Å². The molecule has 12 nitrogen and oxygen atoms in total. The molecule has 174 valence electrons. The number of benzene rings is 1. The van der Waals surface area contributed by atoms with Crippen LogP contribution >= 0.6 is 0 Å². The normalized spacial score (nSPS) is 13.9. The van der Waals surface area contributed by atoms with E-state index < -0.39 is 6.09 Å². The van der Waals surface area contributed by atoms with Crippen molar-refractivity contribution in [2.75, 3.05) is 43.5 Å². The summed E-state index contributed by atoms with van der Waals surface area (Å²) in [6.45, 7) is 2.12. The van der Waals surface area contributed by atoms with E-state index in [0.29, 0.717) is 55.3 Å². The van der Waals surface area contributed by atoms with Gasteiger partial charge in [-0.15, -0.1) is 5.10 Å². The van der Waals surface area contributed by atoms with Crippen LogP contribution in [0, 0.1) is 0 Å². The largest absolute Gasteiger partial charge is 0.465 e. The van der Waals surface area contributed by atoms with Gasteiger partial charge in [-0.05, 0) is 12.1 Å². The highest BCUT2D eigenvalue weighted by atomic mass is 16.5. The number of anilines is 3. The Morgan fingerprint density at radius 3 is 2.65 bits per heavy atom. The lowest BCUT2D eigenvalue weighted by Gasteiger charge is -2.34. The molecule has 0 unspecified atom stereocenters. The van der Waals surface area contributed by atoms with Crippen molar-refractivity contribution in [3.63, 3.8) is 0 Å². The van der Waals surface area contributed by atoms with Gasteiger partial charge < -0.3 is 25.0 Å². The summed E-state index contributed by atoms with van der Waals surface area (Å²) < 4.78 is 7.05. The van der Waals surface area contributed by atoms with Crippen molar-refractivity contribution in [3.8, 4) is 5.82 Å². The monoisotopic (exact) mass is 461 g/mol. The van der Waals surface area contributed by atoms with Crippen LogP contribution in [-0.4, -0.2) is 79.1 Å². The zero-order chi connectivity index (χ0) is 23.5. The molecule has 4 aromatic rings. The number of para-hydroxylation sites is 1. The predicted octanol–water partition coefficient (Wildman–Crippen LogP) is 2.30. The van der Waals surface area contributed by atoms with Crippen molar-refractivity contribution in [1.82, 2.24) is 34.6 Å². The van der Waals surface area contributed by atoms with Crippen molar-refractivity contribution < 1.29 is 14.6 Å². The van der Waals surface area contributed by atoms with Crippen molar-refractivity contribution >= 4 is 34.4 Å². The van der Waals surface area contributed by atoms with Crippen molar-refractivity contribution in [3.05, 3.63) is 54.7 Å². The minimum atomic E-state index is -0.908. The molecule has 1 saturated heterocycles. The lowest BCUT2D eigenvalue weighted by molar-refractivity contribution is 0.142. The average molecular weight is 461 g/mol. The summed E-state index contributed by atoms with van der Waals surface area (Å²) in [5.74, 6) is 3.00. The Kier molecular flexibility index (Phi) is 5.87. The SMILES string of the molecule is COCc1nc(N2CCN(C(=O)O)CC2)cc(-n2nc(Nc3cnccn3)c3ccccc32)n1. The molecule has 1 aliphatic rings. The average Bonchev–Trinajstić information content (AvgIpc) is 3.23. The van der Waals surface area contributed by atoms with Gasteiger partial charge in [0.15, 0.2) is 17.5 Å². The van der Waals surface area contributed by atoms with E-state index in [-0.39, 0.29) is 6.61 Å². The smallest absolute Gasteiger partial charge is 0.407 e. The molecule has 0 radical (unpaired) electrons. The molecule has 2 N–H and O–H groups in total. The van der Waals surface area contributed by atoms with Gasteiger partial charge in [-0.25, -0.2) is 24.4 Å². The third kappa shape index (κ3) is 4.30. The molecular formula is C22H23N9O3. The molecule has 5 rings (SSSR count). The van der Waals surface area contributed by atoms with E-state index in [1.807, 2.05) is 35.2 Å². The number of amides is 1. The topological polar surface area (TPSA) is 134 Å². The number of nitrogens with zero attached hydrogens (tertiary/aromatic N) is 8. The van der Waals surface area contributed by atoms with E-state index in [1.54, 1.807) is 30.4 Å². The van der Waals surface area contributed by atoms with Crippen molar-refractivity contribution in [2.24, 2.45) is 0 Å². The molecule has 0 aliphatic carbocycles. The quantitative estimate of drug-likeness (QED) is 0.440. The van der Waals surface area contributed by atoms with Gasteiger partial charge in [0.2, 0.25) is 0 Å². The van der Waals surface area contributed by atoms with Crippen LogP contribution in [0.25, 0.3) is 16.7 Å². The molecule has 0 saturated carbocycles. The zero-order valence-electron chi connectivity index (χ0n) is 18.5. The first-order chi connectivity index (χ1) is 16.6. The highest BCUT2D eigenvalue weighted by Gasteiger charge is 2.23. The highest BCUT2D eigenvalue weighted by molar-refractivity contribution is 5.92. The van der Waals surface area contributed by atoms with Crippen LogP contribution in [0.15, 0.2) is 48.9 Å². The zero-order valence-corrected chi connectivity index (χ0v) is 18.5. The van der Waals surface area contributed by atoms with Crippen LogP contribution in [0.4, 0.5) is 22.2 Å². The molecule has 0 spiro atoms. The second kappa shape index (κ2) is 9.27. The molecule has 4 heterocycles. The van der Waals surface area contributed by atoms with E-state index in [2.05, 4.69) is 25.3 Å². The summed E-state index contributed by atoms with van der Waals surface area (Å²) in [7, 11) is 1.59. The number of piperazine rings is 1. The number of carboxylic acid groups (broad SMARTS) is 1. The Bertz CT molecular complexity index is 1300. The van der Waals surface area contributed by atoms with Gasteiger partial charge in [0.05, 0.1) is 11.7 Å². The van der Waals surface area contributed by atoms with Gasteiger partial charge in [-0.1, -0.05) is 12.1 Å². The van der Waals surface area contributed by atoms with E-state index in [4.69, 9.17) is 9.84 Å². The number of hydrogen-bond acceptors (Lipinski definition) is 9. The molecule has 1 aromatic carbocycles. The molecular weight excluding hydrogens is 438 g/mol. The first-order valence-corrected chi connectivity index (χ1v) is 10.7. The lowest BCUT2D eigenvalue weighted by Crippen LogP contribution is -2.48. The molecule has 1 amide bonds. The molecule has 1 aliphatic heterocycles. The molecule has 0 atom stereocenters. The minimum Gasteiger partial charge on any atom is -0.465 e. The molecule has 0 bridgehead atoms. The summed E-state index contributed by atoms with van der Waals surface area (Å²) in [5.41, 5.74) is 0.859. The number of fused-ring (bicyclic) bond motifs is 1. The summed E-state index contributed by atoms with van der Waals surface area (Å²) in [6.07, 6.45) is 3.94. The fraction of sp³-hybridized carbons (Fsp3) is 0.273. The number of methoxy groups -OCH3 is 1.